The average molecular weight is 241 g/mol. The lowest BCUT2D eigenvalue weighted by molar-refractivity contribution is -0.145. The third kappa shape index (κ3) is 3.87. The molecule has 94 valence electrons. The van der Waals surface area contributed by atoms with E-state index in [1.807, 2.05) is 0 Å². The largest absolute Gasteiger partial charge is 0.480 e. The van der Waals surface area contributed by atoms with Gasteiger partial charge in [0.1, 0.15) is 12.6 Å². The Morgan fingerprint density at radius 2 is 2.29 bits per heavy atom. The lowest BCUT2D eigenvalue weighted by Crippen LogP contribution is -2.59. The van der Waals surface area contributed by atoms with Crippen LogP contribution in [-0.4, -0.2) is 60.0 Å². The lowest BCUT2D eigenvalue weighted by Gasteiger charge is -2.28. The number of hydrogen-bond donors (Lipinski definition) is 3. The summed E-state index contributed by atoms with van der Waals surface area (Å²) in [7, 11) is 0. The van der Waals surface area contributed by atoms with Gasteiger partial charge < -0.3 is 15.3 Å². The second-order valence-electron chi connectivity index (χ2n) is 3.64. The zero-order valence-corrected chi connectivity index (χ0v) is 9.31. The highest BCUT2D eigenvalue weighted by Gasteiger charge is 2.28. The van der Waals surface area contributed by atoms with Crippen molar-refractivity contribution in [2.75, 3.05) is 26.2 Å². The Labute approximate surface area is 98.5 Å². The van der Waals surface area contributed by atoms with Crippen molar-refractivity contribution >= 4 is 17.8 Å². The molecule has 0 aliphatic carbocycles. The minimum Gasteiger partial charge on any atom is -0.480 e. The monoisotopic (exact) mass is 241 g/mol. The minimum absolute atomic E-state index is 0.0609. The van der Waals surface area contributed by atoms with Crippen molar-refractivity contribution in [2.24, 2.45) is 0 Å². The quantitative estimate of drug-likeness (QED) is 0.492. The average Bonchev–Trinajstić information content (AvgIpc) is 2.28. The number of carboxylic acids is 1. The summed E-state index contributed by atoms with van der Waals surface area (Å²) in [6, 6.07) is -0.577. The first-order valence-electron chi connectivity index (χ1n) is 5.16. The highest BCUT2D eigenvalue weighted by Crippen LogP contribution is 1.98. The molecule has 1 aliphatic heterocycles. The van der Waals surface area contributed by atoms with Gasteiger partial charge in [-0.05, 0) is 0 Å². The zero-order chi connectivity index (χ0) is 12.8. The molecular weight excluding hydrogens is 226 g/mol. The van der Waals surface area contributed by atoms with Gasteiger partial charge in [-0.25, -0.2) is 0 Å². The van der Waals surface area contributed by atoms with Crippen LogP contribution in [0.25, 0.3) is 0 Å². The molecule has 1 fully saturated rings. The van der Waals surface area contributed by atoms with Gasteiger partial charge in [-0.15, -0.1) is 6.58 Å². The number of nitrogens with zero attached hydrogens (tertiary/aromatic N) is 1. The molecule has 1 aliphatic rings. The molecule has 1 rings (SSSR count). The molecule has 7 nitrogen and oxygen atoms in total. The number of carboxylic acid groups (broad SMARTS) is 1. The van der Waals surface area contributed by atoms with Crippen LogP contribution in [0.4, 0.5) is 0 Å². The molecule has 17 heavy (non-hydrogen) atoms. The number of piperazine rings is 1. The van der Waals surface area contributed by atoms with Crippen LogP contribution in [0.2, 0.25) is 0 Å². The number of amides is 2. The van der Waals surface area contributed by atoms with Crippen molar-refractivity contribution in [2.45, 2.75) is 6.04 Å². The Hall–Kier alpha value is -1.89. The fourth-order valence-electron chi connectivity index (χ4n) is 1.51. The van der Waals surface area contributed by atoms with Crippen molar-refractivity contribution < 1.29 is 19.5 Å². The van der Waals surface area contributed by atoms with Crippen LogP contribution in [0.15, 0.2) is 12.7 Å². The van der Waals surface area contributed by atoms with Crippen LogP contribution < -0.4 is 10.6 Å². The Kier molecular flexibility index (Phi) is 4.65. The molecule has 1 saturated heterocycles. The summed E-state index contributed by atoms with van der Waals surface area (Å²) in [5, 5.41) is 14.0. The van der Waals surface area contributed by atoms with Crippen LogP contribution in [0.1, 0.15) is 0 Å². The summed E-state index contributed by atoms with van der Waals surface area (Å²) in [6.45, 7) is 3.49. The maximum Gasteiger partial charge on any atom is 0.323 e. The van der Waals surface area contributed by atoms with Crippen LogP contribution in [0.5, 0.6) is 0 Å². The van der Waals surface area contributed by atoms with E-state index < -0.39 is 12.0 Å². The van der Waals surface area contributed by atoms with Gasteiger partial charge in [0, 0.05) is 13.1 Å². The normalized spacial score (nSPS) is 19.3. The molecule has 0 spiro atoms. The van der Waals surface area contributed by atoms with Crippen molar-refractivity contribution in [3.8, 4) is 0 Å². The first-order valence-corrected chi connectivity index (χ1v) is 5.16. The molecule has 1 heterocycles. The number of carbonyl (C=O) groups is 3. The van der Waals surface area contributed by atoms with Crippen LogP contribution >= 0.6 is 0 Å². The Bertz CT molecular complexity index is 332. The van der Waals surface area contributed by atoms with Crippen LogP contribution in [0, 0.1) is 0 Å². The van der Waals surface area contributed by atoms with E-state index in [9.17, 15) is 14.4 Å². The van der Waals surface area contributed by atoms with Gasteiger partial charge in [-0.2, -0.15) is 0 Å². The van der Waals surface area contributed by atoms with E-state index in [1.54, 1.807) is 0 Å². The summed E-state index contributed by atoms with van der Waals surface area (Å²) in [6.07, 6.45) is 1.46. The molecule has 2 amide bonds. The van der Waals surface area contributed by atoms with Gasteiger partial charge in [-0.3, -0.25) is 19.7 Å². The van der Waals surface area contributed by atoms with Gasteiger partial charge in [0.2, 0.25) is 11.8 Å². The topological polar surface area (TPSA) is 98.7 Å². The first kappa shape index (κ1) is 13.2. The molecule has 7 heteroatoms. The van der Waals surface area contributed by atoms with E-state index in [4.69, 9.17) is 5.11 Å². The molecule has 0 radical (unpaired) electrons. The number of rotatable bonds is 5. The van der Waals surface area contributed by atoms with Gasteiger partial charge in [-0.1, -0.05) is 6.08 Å². The minimum atomic E-state index is -1.08. The molecule has 0 bridgehead atoms. The number of nitrogens with one attached hydrogen (secondary N) is 2. The fraction of sp³-hybridized carbons (Fsp3) is 0.500. The smallest absolute Gasteiger partial charge is 0.323 e. The maximum absolute atomic E-state index is 11.9. The summed E-state index contributed by atoms with van der Waals surface area (Å²) in [5.74, 6) is -1.62. The second kappa shape index (κ2) is 6.00. The van der Waals surface area contributed by atoms with E-state index in [1.165, 1.54) is 11.0 Å². The molecule has 0 saturated carbocycles. The predicted molar refractivity (Wildman–Crippen MR) is 59.2 cm³/mol. The van der Waals surface area contributed by atoms with Gasteiger partial charge in [0.25, 0.3) is 0 Å². The van der Waals surface area contributed by atoms with Crippen LogP contribution in [0.3, 0.4) is 0 Å². The first-order chi connectivity index (χ1) is 8.04. The van der Waals surface area contributed by atoms with Gasteiger partial charge >= 0.3 is 5.97 Å². The zero-order valence-electron chi connectivity index (χ0n) is 9.31. The molecule has 0 aromatic carbocycles. The Balaban J connectivity index is 2.60. The molecule has 1 unspecified atom stereocenters. The van der Waals surface area contributed by atoms with E-state index in [0.717, 1.165) is 0 Å². The van der Waals surface area contributed by atoms with Crippen molar-refractivity contribution in [1.82, 2.24) is 15.5 Å². The molecule has 1 atom stereocenters. The van der Waals surface area contributed by atoms with E-state index >= 15 is 0 Å². The van der Waals surface area contributed by atoms with Crippen molar-refractivity contribution in [1.29, 1.82) is 0 Å². The molecule has 0 aromatic heterocycles. The molecular formula is C10H15N3O4. The summed E-state index contributed by atoms with van der Waals surface area (Å²) >= 11 is 0. The van der Waals surface area contributed by atoms with E-state index in [0.29, 0.717) is 0 Å². The summed E-state index contributed by atoms with van der Waals surface area (Å²) in [4.78, 5) is 34.6. The Morgan fingerprint density at radius 1 is 1.59 bits per heavy atom. The van der Waals surface area contributed by atoms with E-state index in [-0.39, 0.29) is 38.0 Å². The highest BCUT2D eigenvalue weighted by atomic mass is 16.4. The fourth-order valence-corrected chi connectivity index (χ4v) is 1.51. The third-order valence-corrected chi connectivity index (χ3v) is 2.30. The lowest BCUT2D eigenvalue weighted by atomic mass is 10.2. The standard InChI is InChI=1S/C10H15N3O4/c1-2-3-13(6-9(15)16)10(17)7-4-12-8(14)5-11-7/h2,7,11H,1,3-6H2,(H,12,14)(H,15,16). The van der Waals surface area contributed by atoms with Gasteiger partial charge in [0.05, 0.1) is 6.54 Å². The number of hydrogen-bond acceptors (Lipinski definition) is 4. The third-order valence-electron chi connectivity index (χ3n) is 2.30. The summed E-state index contributed by atoms with van der Waals surface area (Å²) < 4.78 is 0. The van der Waals surface area contributed by atoms with Crippen LogP contribution in [-0.2, 0) is 14.4 Å². The van der Waals surface area contributed by atoms with E-state index in [2.05, 4.69) is 17.2 Å². The van der Waals surface area contributed by atoms with Gasteiger partial charge in [0.15, 0.2) is 0 Å². The molecule has 3 N–H and O–H groups in total. The predicted octanol–water partition coefficient (Wildman–Crippen LogP) is -1.83. The maximum atomic E-state index is 11.9. The number of aliphatic carboxylic acids is 1. The SMILES string of the molecule is C=CCN(CC(=O)O)C(=O)C1CNC(=O)CN1. The molecule has 0 aromatic rings. The van der Waals surface area contributed by atoms with Crippen molar-refractivity contribution in [3.63, 3.8) is 0 Å². The van der Waals surface area contributed by atoms with Crippen molar-refractivity contribution in [3.05, 3.63) is 12.7 Å². The summed E-state index contributed by atoms with van der Waals surface area (Å²) in [5.41, 5.74) is 0. The highest BCUT2D eigenvalue weighted by molar-refractivity contribution is 5.88. The Morgan fingerprint density at radius 3 is 2.76 bits per heavy atom. The second-order valence-corrected chi connectivity index (χ2v) is 3.64. The number of carbonyl (C=O) groups excluding carboxylic acids is 2.